The Balaban J connectivity index is 1.71. The van der Waals surface area contributed by atoms with Gasteiger partial charge < -0.3 is 20.9 Å². The average Bonchev–Trinajstić information content (AvgIpc) is 3.92. The second-order valence-corrected chi connectivity index (χ2v) is 12.1. The number of hydrogen-bond donors (Lipinski definition) is 2. The number of hydrogen-bond acceptors (Lipinski definition) is 17. The van der Waals surface area contributed by atoms with Gasteiger partial charge in [-0.1, -0.05) is 26.7 Å². The zero-order valence-electron chi connectivity index (χ0n) is 31.4. The van der Waals surface area contributed by atoms with E-state index < -0.39 is 11.9 Å². The fourth-order valence-electron chi connectivity index (χ4n) is 5.55. The average molecular weight is 750 g/mol. The Labute approximate surface area is 314 Å². The first-order valence-corrected chi connectivity index (χ1v) is 17.1. The van der Waals surface area contributed by atoms with Gasteiger partial charge in [-0.2, -0.15) is 40.3 Å². The van der Waals surface area contributed by atoms with Crippen LogP contribution in [0.5, 0.6) is 0 Å². The second-order valence-electron chi connectivity index (χ2n) is 12.1. The van der Waals surface area contributed by atoms with Crippen LogP contribution in [0.25, 0.3) is 11.6 Å². The van der Waals surface area contributed by atoms with E-state index in [0.717, 1.165) is 25.7 Å². The minimum absolute atomic E-state index is 0.0140. The maximum Gasteiger partial charge on any atom is 0.343 e. The molecule has 55 heavy (non-hydrogen) atoms. The number of anilines is 2. The lowest BCUT2D eigenvalue weighted by Gasteiger charge is -2.14. The summed E-state index contributed by atoms with van der Waals surface area (Å²) in [5.74, 6) is -1.12. The van der Waals surface area contributed by atoms with Crippen molar-refractivity contribution in [3.63, 3.8) is 0 Å². The smallest absolute Gasteiger partial charge is 0.343 e. The molecule has 0 atom stereocenters. The number of nitrogens with zero attached hydrogens (tertiary/aromatic N) is 15. The number of aryl methyl sites for hydroxylation is 4. The molecule has 0 radical (unpaired) electrons. The Hall–Kier alpha value is -7.29. The van der Waals surface area contributed by atoms with Crippen LogP contribution in [0, 0.1) is 29.6 Å². The van der Waals surface area contributed by atoms with Gasteiger partial charge in [-0.15, -0.1) is 20.5 Å². The summed E-state index contributed by atoms with van der Waals surface area (Å²) in [6.07, 6.45) is 6.59. The van der Waals surface area contributed by atoms with E-state index in [0.29, 0.717) is 24.2 Å². The number of nitriles is 2. The highest BCUT2D eigenvalue weighted by atomic mass is 16.5. The van der Waals surface area contributed by atoms with E-state index in [1.165, 1.54) is 45.3 Å². The number of nitrogens with two attached hydrogens (primary N) is 2. The third-order valence-electron chi connectivity index (χ3n) is 8.61. The summed E-state index contributed by atoms with van der Waals surface area (Å²) < 4.78 is 14.9. The van der Waals surface area contributed by atoms with Crippen molar-refractivity contribution in [1.29, 1.82) is 10.5 Å². The van der Waals surface area contributed by atoms with E-state index in [1.54, 1.807) is 21.0 Å². The Morgan fingerprint density at radius 2 is 1.15 bits per heavy atom. The lowest BCUT2D eigenvalue weighted by molar-refractivity contribution is 0.0592. The normalized spacial score (nSPS) is 11.4. The van der Waals surface area contributed by atoms with Gasteiger partial charge in [0, 0.05) is 14.1 Å². The Morgan fingerprint density at radius 1 is 0.745 bits per heavy atom. The lowest BCUT2D eigenvalue weighted by Crippen LogP contribution is -2.15. The SMILES string of the molecule is CCCCc1nn(-c2nc(-n3nc(CCCC)c(/N=N/c4c(C(=O)OC)cnn4C)c3N)c(C#N)c(C)c2C#N)c(N)c1/N=N/c1c(C(=O)OC)cnn1C. The van der Waals surface area contributed by atoms with E-state index in [9.17, 15) is 20.1 Å². The van der Waals surface area contributed by atoms with Gasteiger partial charge in [-0.05, 0) is 38.2 Å². The summed E-state index contributed by atoms with van der Waals surface area (Å²) in [4.78, 5) is 29.5. The number of aromatic nitrogens is 9. The zero-order valence-corrected chi connectivity index (χ0v) is 31.4. The number of carbonyl (C=O) groups excluding carboxylic acids is 2. The summed E-state index contributed by atoms with van der Waals surface area (Å²) in [5, 5.41) is 55.8. The first-order chi connectivity index (χ1) is 26.4. The maximum atomic E-state index is 12.4. The molecule has 0 aliphatic heterocycles. The standard InChI is InChI=1S/C34H39N17O4/c1-8-10-12-23-25(42-44-31-21(33(52)54-6)16-39-48(31)4)27(37)50(46-23)29-19(14-35)18(3)20(15-36)30(41-29)51-28(38)26(24(47-51)13-11-9-2)43-45-32-22(34(53)55-7)17-40-49(32)5/h16-17H,8-13,37-38H2,1-7H3/b44-42+,45-43+. The Kier molecular flexibility index (Phi) is 11.7. The van der Waals surface area contributed by atoms with Crippen molar-refractivity contribution in [2.75, 3.05) is 25.7 Å². The molecule has 0 aliphatic carbocycles. The molecule has 284 valence electrons. The molecule has 0 saturated carbocycles. The van der Waals surface area contributed by atoms with Crippen molar-refractivity contribution in [3.05, 3.63) is 51.6 Å². The molecule has 21 heteroatoms. The number of nitrogen functional groups attached to an aromatic ring is 2. The van der Waals surface area contributed by atoms with Gasteiger partial charge >= 0.3 is 11.9 Å². The molecule has 0 amide bonds. The van der Waals surface area contributed by atoms with Gasteiger partial charge in [-0.25, -0.2) is 23.9 Å². The maximum absolute atomic E-state index is 12.4. The van der Waals surface area contributed by atoms with Crippen molar-refractivity contribution in [3.8, 4) is 23.8 Å². The van der Waals surface area contributed by atoms with E-state index >= 15 is 0 Å². The minimum atomic E-state index is -0.649. The summed E-state index contributed by atoms with van der Waals surface area (Å²) in [6.45, 7) is 5.62. The summed E-state index contributed by atoms with van der Waals surface area (Å²) in [5.41, 5.74) is 15.1. The van der Waals surface area contributed by atoms with Gasteiger partial charge in [0.25, 0.3) is 0 Å². The molecule has 0 saturated heterocycles. The van der Waals surface area contributed by atoms with Gasteiger partial charge in [0.1, 0.15) is 34.4 Å². The van der Waals surface area contributed by atoms with Crippen molar-refractivity contribution in [2.24, 2.45) is 34.6 Å². The number of pyridine rings is 1. The molecule has 0 fully saturated rings. The largest absolute Gasteiger partial charge is 0.465 e. The summed E-state index contributed by atoms with van der Waals surface area (Å²) in [6, 6.07) is 4.27. The Morgan fingerprint density at radius 3 is 1.49 bits per heavy atom. The fraction of sp³-hybridized carbons (Fsp3) is 0.382. The Bertz CT molecular complexity index is 2250. The topological polar surface area (TPSA) is 286 Å². The monoisotopic (exact) mass is 749 g/mol. The highest BCUT2D eigenvalue weighted by molar-refractivity contribution is 5.94. The molecule has 5 aromatic heterocycles. The van der Waals surface area contributed by atoms with Gasteiger partial charge in [0.2, 0.25) is 0 Å². The van der Waals surface area contributed by atoms with E-state index in [1.807, 2.05) is 13.8 Å². The first kappa shape index (κ1) is 38.9. The van der Waals surface area contributed by atoms with E-state index in [4.69, 9.17) is 36.1 Å². The molecule has 0 spiro atoms. The zero-order chi connectivity index (χ0) is 40.0. The fourth-order valence-corrected chi connectivity index (χ4v) is 5.55. The van der Waals surface area contributed by atoms with Crippen LogP contribution < -0.4 is 11.5 Å². The van der Waals surface area contributed by atoms with Crippen LogP contribution in [0.1, 0.15) is 88.3 Å². The number of carbonyl (C=O) groups is 2. The highest BCUT2D eigenvalue weighted by Crippen LogP contribution is 2.37. The summed E-state index contributed by atoms with van der Waals surface area (Å²) >= 11 is 0. The highest BCUT2D eigenvalue weighted by Gasteiger charge is 2.28. The van der Waals surface area contributed by atoms with Crippen LogP contribution in [-0.4, -0.2) is 70.3 Å². The number of unbranched alkanes of at least 4 members (excludes halogenated alkanes) is 2. The van der Waals surface area contributed by atoms with Crippen molar-refractivity contribution in [1.82, 2.24) is 44.1 Å². The molecular weight excluding hydrogens is 710 g/mol. The molecule has 5 heterocycles. The molecule has 0 aliphatic rings. The first-order valence-electron chi connectivity index (χ1n) is 17.1. The van der Waals surface area contributed by atoms with Crippen molar-refractivity contribution in [2.45, 2.75) is 59.3 Å². The third-order valence-corrected chi connectivity index (χ3v) is 8.61. The quantitative estimate of drug-likeness (QED) is 0.109. The molecular formula is C34H39N17O4. The number of ether oxygens (including phenoxy) is 2. The van der Waals surface area contributed by atoms with E-state index in [2.05, 4.69) is 42.8 Å². The molecule has 0 unspecified atom stereocenters. The number of esters is 2. The molecule has 5 aromatic rings. The summed E-state index contributed by atoms with van der Waals surface area (Å²) in [7, 11) is 5.67. The minimum Gasteiger partial charge on any atom is -0.465 e. The molecule has 4 N–H and O–H groups in total. The third kappa shape index (κ3) is 7.35. The number of methoxy groups -OCH3 is 2. The van der Waals surface area contributed by atoms with Gasteiger partial charge in [0.15, 0.2) is 46.3 Å². The van der Waals surface area contributed by atoms with E-state index in [-0.39, 0.29) is 74.1 Å². The number of rotatable bonds is 14. The van der Waals surface area contributed by atoms with Crippen LogP contribution >= 0.6 is 0 Å². The van der Waals surface area contributed by atoms with Crippen molar-refractivity contribution < 1.29 is 19.1 Å². The van der Waals surface area contributed by atoms with Crippen molar-refractivity contribution >= 4 is 46.6 Å². The van der Waals surface area contributed by atoms with Gasteiger partial charge in [-0.3, -0.25) is 0 Å². The van der Waals surface area contributed by atoms with Crippen LogP contribution in [0.4, 0.5) is 34.6 Å². The molecule has 0 aromatic carbocycles. The van der Waals surface area contributed by atoms with Crippen LogP contribution in [0.15, 0.2) is 32.9 Å². The molecule has 0 bridgehead atoms. The predicted octanol–water partition coefficient (Wildman–Crippen LogP) is 5.23. The molecule has 5 rings (SSSR count). The van der Waals surface area contributed by atoms with Crippen LogP contribution in [0.2, 0.25) is 0 Å². The predicted molar refractivity (Wildman–Crippen MR) is 196 cm³/mol. The van der Waals surface area contributed by atoms with Crippen LogP contribution in [0.3, 0.4) is 0 Å². The lowest BCUT2D eigenvalue weighted by atomic mass is 10.1. The second kappa shape index (κ2) is 16.6. The molecule has 21 nitrogen and oxygen atoms in total. The van der Waals surface area contributed by atoms with Crippen LogP contribution in [-0.2, 0) is 36.4 Å². The van der Waals surface area contributed by atoms with Gasteiger partial charge in [0.05, 0.1) is 38.0 Å². The number of azo groups is 2.